The predicted octanol–water partition coefficient (Wildman–Crippen LogP) is 4.53. The second-order valence-electron chi connectivity index (χ2n) is 8.29. The van der Waals surface area contributed by atoms with E-state index in [1.165, 1.54) is 5.56 Å². The maximum absolute atomic E-state index is 13.0. The molecular weight excluding hydrogens is 402 g/mol. The molecular formula is C26H23N3O3. The van der Waals surface area contributed by atoms with Crippen LogP contribution in [0.5, 0.6) is 11.5 Å². The summed E-state index contributed by atoms with van der Waals surface area (Å²) in [5.74, 6) is 2.54. The van der Waals surface area contributed by atoms with E-state index < -0.39 is 0 Å². The number of amides is 1. The lowest BCUT2D eigenvalue weighted by Crippen LogP contribution is -2.24. The third-order valence-electron chi connectivity index (χ3n) is 6.31. The molecule has 4 aromatic rings. The molecule has 0 radical (unpaired) electrons. The molecule has 2 aliphatic rings. The maximum Gasteiger partial charge on any atom is 0.231 e. The van der Waals surface area contributed by atoms with Crippen molar-refractivity contribution in [3.8, 4) is 11.5 Å². The lowest BCUT2D eigenvalue weighted by molar-refractivity contribution is -0.117. The highest BCUT2D eigenvalue weighted by Gasteiger charge is 2.35. The summed E-state index contributed by atoms with van der Waals surface area (Å²) in [7, 11) is 0. The molecule has 0 N–H and O–H groups in total. The van der Waals surface area contributed by atoms with E-state index in [0.29, 0.717) is 18.7 Å². The molecule has 1 amide bonds. The first-order valence-corrected chi connectivity index (χ1v) is 11.0. The Kier molecular flexibility index (Phi) is 4.56. The predicted molar refractivity (Wildman–Crippen MR) is 122 cm³/mol. The number of aryl methyl sites for hydroxylation is 2. The number of hydrogen-bond donors (Lipinski definition) is 0. The van der Waals surface area contributed by atoms with Gasteiger partial charge in [-0.05, 0) is 36.2 Å². The second kappa shape index (κ2) is 7.71. The highest BCUT2D eigenvalue weighted by Crippen LogP contribution is 2.39. The van der Waals surface area contributed by atoms with Crippen LogP contribution in [0.4, 0.5) is 5.69 Å². The van der Waals surface area contributed by atoms with Crippen LogP contribution >= 0.6 is 0 Å². The van der Waals surface area contributed by atoms with Gasteiger partial charge < -0.3 is 18.9 Å². The maximum atomic E-state index is 13.0. The Morgan fingerprint density at radius 3 is 2.66 bits per heavy atom. The Hall–Kier alpha value is -3.80. The van der Waals surface area contributed by atoms with Crippen LogP contribution in [-0.4, -0.2) is 28.8 Å². The minimum atomic E-state index is 0.0381. The van der Waals surface area contributed by atoms with Crippen LogP contribution in [0, 0.1) is 0 Å². The van der Waals surface area contributed by atoms with Crippen LogP contribution in [0.15, 0.2) is 72.8 Å². The number of carbonyl (C=O) groups is 1. The summed E-state index contributed by atoms with van der Waals surface area (Å²) in [4.78, 5) is 19.8. The number of hydrogen-bond acceptors (Lipinski definition) is 4. The van der Waals surface area contributed by atoms with E-state index in [2.05, 4.69) is 34.9 Å². The molecule has 1 unspecified atom stereocenters. The minimum absolute atomic E-state index is 0.0381. The Labute approximate surface area is 186 Å². The summed E-state index contributed by atoms with van der Waals surface area (Å²) in [6.45, 7) is 1.66. The number of imidazole rings is 1. The molecule has 1 saturated heterocycles. The lowest BCUT2D eigenvalue weighted by Gasteiger charge is -2.18. The molecule has 0 saturated carbocycles. The van der Waals surface area contributed by atoms with Gasteiger partial charge in [0.05, 0.1) is 11.0 Å². The van der Waals surface area contributed by atoms with Crippen LogP contribution in [-0.2, 0) is 17.8 Å². The van der Waals surface area contributed by atoms with Crippen LogP contribution in [0.1, 0.15) is 23.7 Å². The van der Waals surface area contributed by atoms with E-state index in [0.717, 1.165) is 41.3 Å². The number of carbonyl (C=O) groups excluding carboxylic acids is 1. The second-order valence-corrected chi connectivity index (χ2v) is 8.29. The highest BCUT2D eigenvalue weighted by molar-refractivity contribution is 5.97. The molecule has 3 heterocycles. The molecule has 6 heteroatoms. The number of aromatic nitrogens is 2. The molecule has 0 bridgehead atoms. The van der Waals surface area contributed by atoms with Gasteiger partial charge in [-0.25, -0.2) is 4.98 Å². The van der Waals surface area contributed by atoms with Crippen molar-refractivity contribution >= 4 is 22.6 Å². The van der Waals surface area contributed by atoms with Crippen LogP contribution in [0.3, 0.4) is 0 Å². The van der Waals surface area contributed by atoms with Gasteiger partial charge in [0.1, 0.15) is 5.82 Å². The summed E-state index contributed by atoms with van der Waals surface area (Å²) in [5, 5.41) is 0. The van der Waals surface area contributed by atoms with Gasteiger partial charge in [0.25, 0.3) is 0 Å². The molecule has 6 rings (SSSR count). The van der Waals surface area contributed by atoms with Crippen molar-refractivity contribution in [2.45, 2.75) is 25.3 Å². The summed E-state index contributed by atoms with van der Waals surface area (Å²) in [6.07, 6.45) is 1.36. The smallest absolute Gasteiger partial charge is 0.231 e. The molecule has 160 valence electrons. The third kappa shape index (κ3) is 3.28. The van der Waals surface area contributed by atoms with Crippen molar-refractivity contribution in [1.29, 1.82) is 0 Å². The van der Waals surface area contributed by atoms with Crippen LogP contribution < -0.4 is 14.4 Å². The molecule has 6 nitrogen and oxygen atoms in total. The minimum Gasteiger partial charge on any atom is -0.454 e. The van der Waals surface area contributed by atoms with Crippen molar-refractivity contribution in [2.75, 3.05) is 18.2 Å². The van der Waals surface area contributed by atoms with E-state index in [1.807, 2.05) is 47.4 Å². The standard InChI is InChI=1S/C26H23N3O3/c30-25-14-19(16-29(25)20-10-11-23-24(15-20)32-17-31-23)26-27-21-8-4-5-9-22(21)28(26)13-12-18-6-2-1-3-7-18/h1-11,15,19H,12-14,16-17H2. The van der Waals surface area contributed by atoms with Crippen molar-refractivity contribution in [2.24, 2.45) is 0 Å². The van der Waals surface area contributed by atoms with E-state index in [1.54, 1.807) is 0 Å². The molecule has 3 aromatic carbocycles. The molecule has 0 spiro atoms. The molecule has 1 aromatic heterocycles. The van der Waals surface area contributed by atoms with E-state index in [9.17, 15) is 4.79 Å². The van der Waals surface area contributed by atoms with Crippen LogP contribution in [0.25, 0.3) is 11.0 Å². The quantitative estimate of drug-likeness (QED) is 0.472. The number of benzene rings is 3. The van der Waals surface area contributed by atoms with E-state index in [-0.39, 0.29) is 18.6 Å². The van der Waals surface area contributed by atoms with Gasteiger partial charge in [0.2, 0.25) is 12.7 Å². The molecule has 1 fully saturated rings. The number of fused-ring (bicyclic) bond motifs is 2. The van der Waals surface area contributed by atoms with Gasteiger partial charge in [-0.15, -0.1) is 0 Å². The van der Waals surface area contributed by atoms with Gasteiger partial charge in [0, 0.05) is 37.2 Å². The molecule has 2 aliphatic heterocycles. The van der Waals surface area contributed by atoms with Gasteiger partial charge in [0.15, 0.2) is 11.5 Å². The zero-order valence-corrected chi connectivity index (χ0v) is 17.6. The highest BCUT2D eigenvalue weighted by atomic mass is 16.7. The van der Waals surface area contributed by atoms with Crippen molar-refractivity contribution < 1.29 is 14.3 Å². The first-order chi connectivity index (χ1) is 15.8. The lowest BCUT2D eigenvalue weighted by atomic mass is 10.1. The zero-order valence-electron chi connectivity index (χ0n) is 17.6. The van der Waals surface area contributed by atoms with Crippen LogP contribution in [0.2, 0.25) is 0 Å². The monoisotopic (exact) mass is 425 g/mol. The zero-order chi connectivity index (χ0) is 21.5. The summed E-state index contributed by atoms with van der Waals surface area (Å²) >= 11 is 0. The van der Waals surface area contributed by atoms with Gasteiger partial charge in [-0.1, -0.05) is 42.5 Å². The van der Waals surface area contributed by atoms with Gasteiger partial charge in [-0.3, -0.25) is 4.79 Å². The molecule has 0 aliphatic carbocycles. The average molecular weight is 425 g/mol. The Morgan fingerprint density at radius 1 is 0.938 bits per heavy atom. The first kappa shape index (κ1) is 18.9. The first-order valence-electron chi connectivity index (χ1n) is 11.0. The summed E-state index contributed by atoms with van der Waals surface area (Å²) < 4.78 is 13.2. The number of anilines is 1. The number of nitrogens with zero attached hydrogens (tertiary/aromatic N) is 3. The Balaban J connectivity index is 1.31. The van der Waals surface area contributed by atoms with Gasteiger partial charge >= 0.3 is 0 Å². The summed E-state index contributed by atoms with van der Waals surface area (Å²) in [6, 6.07) is 24.4. The van der Waals surface area contributed by atoms with Gasteiger partial charge in [-0.2, -0.15) is 0 Å². The fourth-order valence-corrected chi connectivity index (χ4v) is 4.71. The average Bonchev–Trinajstić information content (AvgIpc) is 3.54. The number of ether oxygens (including phenoxy) is 2. The normalized spacial score (nSPS) is 17.4. The van der Waals surface area contributed by atoms with Crippen molar-refractivity contribution in [3.63, 3.8) is 0 Å². The fraction of sp³-hybridized carbons (Fsp3) is 0.231. The molecule has 32 heavy (non-hydrogen) atoms. The molecule has 1 atom stereocenters. The third-order valence-corrected chi connectivity index (χ3v) is 6.31. The van der Waals surface area contributed by atoms with Crippen molar-refractivity contribution in [1.82, 2.24) is 9.55 Å². The van der Waals surface area contributed by atoms with Crippen molar-refractivity contribution in [3.05, 3.63) is 84.2 Å². The number of para-hydroxylation sites is 2. The topological polar surface area (TPSA) is 56.6 Å². The number of rotatable bonds is 5. The Morgan fingerprint density at radius 2 is 1.75 bits per heavy atom. The fourth-order valence-electron chi connectivity index (χ4n) is 4.71. The van der Waals surface area contributed by atoms with E-state index in [4.69, 9.17) is 14.5 Å². The Bertz CT molecular complexity index is 1300. The SMILES string of the molecule is O=C1CC(c2nc3ccccc3n2CCc2ccccc2)CN1c1ccc2c(c1)OCO2. The summed E-state index contributed by atoms with van der Waals surface area (Å²) in [5.41, 5.74) is 4.23. The van der Waals surface area contributed by atoms with E-state index >= 15 is 0 Å². The largest absolute Gasteiger partial charge is 0.454 e.